The standard InChI is InChI=1S/C14H13ClFNO2/c1-9-5-6-13(12(7-18)17-9)19-8-10-3-2-4-11(15)14(10)16/h2-6,18H,7-8H2,1H3. The normalized spacial score (nSPS) is 10.5. The fourth-order valence-electron chi connectivity index (χ4n) is 1.66. The first kappa shape index (κ1) is 13.8. The van der Waals surface area contributed by atoms with Crippen LogP contribution in [0.3, 0.4) is 0 Å². The van der Waals surface area contributed by atoms with Gasteiger partial charge < -0.3 is 9.84 Å². The van der Waals surface area contributed by atoms with Gasteiger partial charge in [0.1, 0.15) is 23.9 Å². The Balaban J connectivity index is 2.17. The number of halogens is 2. The van der Waals surface area contributed by atoms with Gasteiger partial charge in [-0.3, -0.25) is 4.98 Å². The van der Waals surface area contributed by atoms with E-state index < -0.39 is 5.82 Å². The quantitative estimate of drug-likeness (QED) is 0.935. The molecule has 0 aliphatic heterocycles. The summed E-state index contributed by atoms with van der Waals surface area (Å²) in [6, 6.07) is 8.21. The van der Waals surface area contributed by atoms with Crippen molar-refractivity contribution in [1.29, 1.82) is 0 Å². The highest BCUT2D eigenvalue weighted by Crippen LogP contribution is 2.22. The van der Waals surface area contributed by atoms with E-state index in [1.807, 2.05) is 6.92 Å². The van der Waals surface area contributed by atoms with Crippen LogP contribution in [-0.2, 0) is 13.2 Å². The molecule has 1 heterocycles. The molecule has 3 nitrogen and oxygen atoms in total. The molecule has 2 aromatic rings. The number of aromatic nitrogens is 1. The molecule has 19 heavy (non-hydrogen) atoms. The van der Waals surface area contributed by atoms with Crippen LogP contribution in [0.1, 0.15) is 17.0 Å². The molecule has 0 saturated heterocycles. The second-order valence-corrected chi connectivity index (χ2v) is 4.46. The third-order valence-corrected chi connectivity index (χ3v) is 2.93. The first-order valence-corrected chi connectivity index (χ1v) is 6.12. The third-order valence-electron chi connectivity index (χ3n) is 2.64. The van der Waals surface area contributed by atoms with Crippen LogP contribution in [0.15, 0.2) is 30.3 Å². The smallest absolute Gasteiger partial charge is 0.148 e. The summed E-state index contributed by atoms with van der Waals surface area (Å²) < 4.78 is 19.2. The third kappa shape index (κ3) is 3.22. The van der Waals surface area contributed by atoms with Gasteiger partial charge in [0.05, 0.1) is 11.6 Å². The predicted octanol–water partition coefficient (Wildman–Crippen LogP) is 3.25. The van der Waals surface area contributed by atoms with Crippen molar-refractivity contribution in [3.05, 3.63) is 58.1 Å². The summed E-state index contributed by atoms with van der Waals surface area (Å²) in [4.78, 5) is 4.15. The SMILES string of the molecule is Cc1ccc(OCc2cccc(Cl)c2F)c(CO)n1. The fourth-order valence-corrected chi connectivity index (χ4v) is 1.85. The molecule has 0 spiro atoms. The number of rotatable bonds is 4. The zero-order valence-electron chi connectivity index (χ0n) is 10.4. The molecule has 0 fully saturated rings. The van der Waals surface area contributed by atoms with Crippen LogP contribution < -0.4 is 4.74 Å². The van der Waals surface area contributed by atoms with E-state index in [4.69, 9.17) is 16.3 Å². The van der Waals surface area contributed by atoms with E-state index in [0.29, 0.717) is 17.0 Å². The first-order chi connectivity index (χ1) is 9.11. The summed E-state index contributed by atoms with van der Waals surface area (Å²) >= 11 is 5.69. The first-order valence-electron chi connectivity index (χ1n) is 5.75. The molecule has 1 aromatic heterocycles. The zero-order valence-corrected chi connectivity index (χ0v) is 11.1. The topological polar surface area (TPSA) is 42.4 Å². The summed E-state index contributed by atoms with van der Waals surface area (Å²) in [5.41, 5.74) is 1.57. The van der Waals surface area contributed by atoms with Crippen molar-refractivity contribution in [2.75, 3.05) is 0 Å². The minimum absolute atomic E-state index is 0.0319. The Morgan fingerprint density at radius 1 is 1.32 bits per heavy atom. The van der Waals surface area contributed by atoms with Gasteiger partial charge in [-0.25, -0.2) is 4.39 Å². The van der Waals surface area contributed by atoms with E-state index in [0.717, 1.165) is 5.69 Å². The highest BCUT2D eigenvalue weighted by molar-refractivity contribution is 6.30. The Labute approximate surface area is 115 Å². The van der Waals surface area contributed by atoms with E-state index in [1.54, 1.807) is 24.3 Å². The molecular weight excluding hydrogens is 269 g/mol. The number of aliphatic hydroxyl groups excluding tert-OH is 1. The maximum Gasteiger partial charge on any atom is 0.148 e. The molecule has 0 unspecified atom stereocenters. The molecule has 0 radical (unpaired) electrons. The lowest BCUT2D eigenvalue weighted by molar-refractivity contribution is 0.251. The van der Waals surface area contributed by atoms with Gasteiger partial charge in [0.2, 0.25) is 0 Å². The number of hydrogen-bond donors (Lipinski definition) is 1. The van der Waals surface area contributed by atoms with Gasteiger partial charge >= 0.3 is 0 Å². The number of aryl methyl sites for hydroxylation is 1. The number of benzene rings is 1. The Bertz CT molecular complexity index is 590. The predicted molar refractivity (Wildman–Crippen MR) is 70.6 cm³/mol. The minimum atomic E-state index is -0.491. The van der Waals surface area contributed by atoms with E-state index in [9.17, 15) is 9.50 Å². The lowest BCUT2D eigenvalue weighted by Crippen LogP contribution is -2.03. The van der Waals surface area contributed by atoms with Crippen LogP contribution >= 0.6 is 11.6 Å². The van der Waals surface area contributed by atoms with Crippen LogP contribution in [0, 0.1) is 12.7 Å². The lowest BCUT2D eigenvalue weighted by atomic mass is 10.2. The van der Waals surface area contributed by atoms with Gasteiger partial charge in [-0.2, -0.15) is 0 Å². The van der Waals surface area contributed by atoms with Crippen LogP contribution in [0.4, 0.5) is 4.39 Å². The maximum absolute atomic E-state index is 13.7. The van der Waals surface area contributed by atoms with Gasteiger partial charge in [0.25, 0.3) is 0 Å². The molecule has 100 valence electrons. The molecule has 1 N–H and O–H groups in total. The van der Waals surface area contributed by atoms with Crippen LogP contribution in [-0.4, -0.2) is 10.1 Å². The Morgan fingerprint density at radius 3 is 2.84 bits per heavy atom. The van der Waals surface area contributed by atoms with Crippen molar-refractivity contribution in [2.24, 2.45) is 0 Å². The summed E-state index contributed by atoms with van der Waals surface area (Å²) in [5, 5.41) is 9.26. The van der Waals surface area contributed by atoms with Crippen molar-refractivity contribution in [3.63, 3.8) is 0 Å². The highest BCUT2D eigenvalue weighted by Gasteiger charge is 2.09. The highest BCUT2D eigenvalue weighted by atomic mass is 35.5. The lowest BCUT2D eigenvalue weighted by Gasteiger charge is -2.11. The summed E-state index contributed by atoms with van der Waals surface area (Å²) in [7, 11) is 0. The van der Waals surface area contributed by atoms with Gasteiger partial charge in [-0.05, 0) is 25.1 Å². The Morgan fingerprint density at radius 2 is 2.11 bits per heavy atom. The van der Waals surface area contributed by atoms with Crippen molar-refractivity contribution < 1.29 is 14.2 Å². The van der Waals surface area contributed by atoms with E-state index >= 15 is 0 Å². The van der Waals surface area contributed by atoms with Crippen molar-refractivity contribution in [1.82, 2.24) is 4.98 Å². The van der Waals surface area contributed by atoms with Gasteiger partial charge in [-0.1, -0.05) is 23.7 Å². The fraction of sp³-hybridized carbons (Fsp3) is 0.214. The summed E-state index contributed by atoms with van der Waals surface area (Å²) in [6.45, 7) is 1.62. The van der Waals surface area contributed by atoms with E-state index in [1.165, 1.54) is 6.07 Å². The maximum atomic E-state index is 13.7. The molecule has 0 aliphatic rings. The second-order valence-electron chi connectivity index (χ2n) is 4.06. The largest absolute Gasteiger partial charge is 0.487 e. The molecular formula is C14H13ClFNO2. The zero-order chi connectivity index (χ0) is 13.8. The van der Waals surface area contributed by atoms with Crippen LogP contribution in [0.2, 0.25) is 5.02 Å². The molecule has 0 saturated carbocycles. The molecule has 0 aliphatic carbocycles. The molecule has 0 atom stereocenters. The minimum Gasteiger partial charge on any atom is -0.487 e. The van der Waals surface area contributed by atoms with Crippen LogP contribution in [0.5, 0.6) is 5.75 Å². The molecule has 0 bridgehead atoms. The molecule has 1 aromatic carbocycles. The van der Waals surface area contributed by atoms with Gasteiger partial charge in [0, 0.05) is 11.3 Å². The summed E-state index contributed by atoms with van der Waals surface area (Å²) in [6.07, 6.45) is 0. The van der Waals surface area contributed by atoms with Crippen molar-refractivity contribution >= 4 is 11.6 Å². The molecule has 5 heteroatoms. The van der Waals surface area contributed by atoms with Crippen LogP contribution in [0.25, 0.3) is 0 Å². The summed E-state index contributed by atoms with van der Waals surface area (Å²) in [5.74, 6) is -0.0535. The van der Waals surface area contributed by atoms with Crippen molar-refractivity contribution in [3.8, 4) is 5.75 Å². The second kappa shape index (κ2) is 5.99. The average molecular weight is 282 g/mol. The number of ether oxygens (including phenoxy) is 1. The average Bonchev–Trinajstić information content (AvgIpc) is 2.41. The van der Waals surface area contributed by atoms with Crippen molar-refractivity contribution in [2.45, 2.75) is 20.1 Å². The number of hydrogen-bond acceptors (Lipinski definition) is 3. The number of pyridine rings is 1. The monoisotopic (exact) mass is 281 g/mol. The van der Waals surface area contributed by atoms with E-state index in [2.05, 4.69) is 4.98 Å². The van der Waals surface area contributed by atoms with Gasteiger partial charge in [0.15, 0.2) is 0 Å². The Hall–Kier alpha value is -1.65. The van der Waals surface area contributed by atoms with E-state index in [-0.39, 0.29) is 18.2 Å². The molecule has 0 amide bonds. The number of aliphatic hydroxyl groups is 1. The van der Waals surface area contributed by atoms with Gasteiger partial charge in [-0.15, -0.1) is 0 Å². The number of nitrogens with zero attached hydrogens (tertiary/aromatic N) is 1. The molecule has 2 rings (SSSR count). The Kier molecular flexibility index (Phi) is 4.35.